The van der Waals surface area contributed by atoms with Crippen LogP contribution in [0.4, 0.5) is 10.1 Å². The number of amides is 1. The molecule has 0 saturated heterocycles. The molecule has 1 N–H and O–H groups in total. The maximum atomic E-state index is 13.3. The summed E-state index contributed by atoms with van der Waals surface area (Å²) < 4.78 is 45.9. The highest BCUT2D eigenvalue weighted by Gasteiger charge is 2.27. The van der Waals surface area contributed by atoms with Gasteiger partial charge < -0.3 is 10.1 Å². The molecule has 0 saturated carbocycles. The van der Waals surface area contributed by atoms with Crippen LogP contribution in [0.2, 0.25) is 5.02 Å². The van der Waals surface area contributed by atoms with Crippen molar-refractivity contribution >= 4 is 33.2 Å². The lowest BCUT2D eigenvalue weighted by molar-refractivity contribution is -0.116. The van der Waals surface area contributed by atoms with E-state index in [4.69, 9.17) is 16.3 Å². The van der Waals surface area contributed by atoms with Crippen LogP contribution in [-0.4, -0.2) is 32.3 Å². The summed E-state index contributed by atoms with van der Waals surface area (Å²) in [6.45, 7) is -0.509. The van der Waals surface area contributed by atoms with Crippen LogP contribution in [0.15, 0.2) is 77.7 Å². The Morgan fingerprint density at radius 3 is 2.39 bits per heavy atom. The van der Waals surface area contributed by atoms with Gasteiger partial charge in [-0.05, 0) is 48.0 Å². The fraction of sp³-hybridized carbons (Fsp3) is 0.136. The lowest BCUT2D eigenvalue weighted by Crippen LogP contribution is -2.37. The van der Waals surface area contributed by atoms with Crippen LogP contribution in [0, 0.1) is 5.82 Å². The molecule has 0 aliphatic rings. The number of halogens is 2. The number of nitrogens with one attached hydrogen (secondary N) is 1. The van der Waals surface area contributed by atoms with Crippen molar-refractivity contribution in [3.8, 4) is 5.75 Å². The summed E-state index contributed by atoms with van der Waals surface area (Å²) >= 11 is 5.99. The molecule has 1 amide bonds. The van der Waals surface area contributed by atoms with Crippen molar-refractivity contribution in [1.82, 2.24) is 4.31 Å². The Morgan fingerprint density at radius 1 is 1.06 bits per heavy atom. The zero-order valence-corrected chi connectivity index (χ0v) is 18.2. The maximum Gasteiger partial charge on any atom is 0.243 e. The Labute approximate surface area is 185 Å². The molecule has 0 radical (unpaired) electrons. The third-order valence-electron chi connectivity index (χ3n) is 4.41. The molecular weight excluding hydrogens is 443 g/mol. The minimum atomic E-state index is -4.08. The van der Waals surface area contributed by atoms with Crippen molar-refractivity contribution in [2.24, 2.45) is 0 Å². The standard InChI is InChI=1S/C22H20ClFN2O4S/c1-30-21-12-7-17(23)13-20(21)25-22(27)15-26(14-16-5-3-2-4-6-16)31(28,29)19-10-8-18(24)9-11-19/h2-13H,14-15H2,1H3,(H,25,27). The Hall–Kier alpha value is -2.94. The molecule has 0 aliphatic heterocycles. The number of carbonyl (C=O) groups is 1. The first-order valence-electron chi connectivity index (χ1n) is 9.22. The Kier molecular flexibility index (Phi) is 7.27. The van der Waals surface area contributed by atoms with E-state index >= 15 is 0 Å². The van der Waals surface area contributed by atoms with Crippen LogP contribution in [0.1, 0.15) is 5.56 Å². The van der Waals surface area contributed by atoms with E-state index in [9.17, 15) is 17.6 Å². The van der Waals surface area contributed by atoms with E-state index in [2.05, 4.69) is 5.32 Å². The molecule has 31 heavy (non-hydrogen) atoms. The highest BCUT2D eigenvalue weighted by Crippen LogP contribution is 2.28. The number of hydrogen-bond donors (Lipinski definition) is 1. The molecule has 0 aliphatic carbocycles. The molecule has 3 aromatic rings. The van der Waals surface area contributed by atoms with E-state index in [0.717, 1.165) is 16.4 Å². The van der Waals surface area contributed by atoms with Gasteiger partial charge in [-0.3, -0.25) is 4.79 Å². The predicted molar refractivity (Wildman–Crippen MR) is 117 cm³/mol. The Balaban J connectivity index is 1.88. The lowest BCUT2D eigenvalue weighted by Gasteiger charge is -2.22. The quantitative estimate of drug-likeness (QED) is 0.541. The van der Waals surface area contributed by atoms with E-state index < -0.39 is 28.3 Å². The lowest BCUT2D eigenvalue weighted by atomic mass is 10.2. The average Bonchev–Trinajstić information content (AvgIpc) is 2.74. The van der Waals surface area contributed by atoms with Crippen molar-refractivity contribution in [3.05, 3.63) is 89.2 Å². The van der Waals surface area contributed by atoms with Crippen LogP contribution in [-0.2, 0) is 21.4 Å². The predicted octanol–water partition coefficient (Wildman–Crippen LogP) is 4.32. The second-order valence-corrected chi connectivity index (χ2v) is 8.98. The summed E-state index contributed by atoms with van der Waals surface area (Å²) in [7, 11) is -2.63. The SMILES string of the molecule is COc1ccc(Cl)cc1NC(=O)CN(Cc1ccccc1)S(=O)(=O)c1ccc(F)cc1. The molecule has 6 nitrogen and oxygen atoms in total. The van der Waals surface area contributed by atoms with Gasteiger partial charge in [-0.15, -0.1) is 0 Å². The first-order chi connectivity index (χ1) is 14.8. The van der Waals surface area contributed by atoms with Crippen LogP contribution in [0.3, 0.4) is 0 Å². The Bertz CT molecular complexity index is 1160. The smallest absolute Gasteiger partial charge is 0.243 e. The molecule has 0 aromatic heterocycles. The molecule has 0 unspecified atom stereocenters. The first-order valence-corrected chi connectivity index (χ1v) is 11.0. The molecule has 3 aromatic carbocycles. The number of ether oxygens (including phenoxy) is 1. The molecule has 3 rings (SSSR count). The van der Waals surface area contributed by atoms with Gasteiger partial charge in [0.2, 0.25) is 15.9 Å². The third kappa shape index (κ3) is 5.81. The fourth-order valence-electron chi connectivity index (χ4n) is 2.90. The zero-order valence-electron chi connectivity index (χ0n) is 16.6. The van der Waals surface area contributed by atoms with Crippen LogP contribution >= 0.6 is 11.6 Å². The topological polar surface area (TPSA) is 75.7 Å². The number of hydrogen-bond acceptors (Lipinski definition) is 4. The number of carbonyl (C=O) groups excluding carboxylic acids is 1. The maximum absolute atomic E-state index is 13.3. The molecule has 0 fully saturated rings. The second kappa shape index (κ2) is 9.91. The summed E-state index contributed by atoms with van der Waals surface area (Å²) in [6, 6.07) is 18.0. The average molecular weight is 463 g/mol. The van der Waals surface area contributed by atoms with E-state index in [-0.39, 0.29) is 11.4 Å². The van der Waals surface area contributed by atoms with E-state index in [0.29, 0.717) is 22.0 Å². The van der Waals surface area contributed by atoms with Gasteiger partial charge in [-0.25, -0.2) is 12.8 Å². The van der Waals surface area contributed by atoms with Gasteiger partial charge in [0.05, 0.1) is 24.2 Å². The summed E-state index contributed by atoms with van der Waals surface area (Å²) in [6.07, 6.45) is 0. The number of anilines is 1. The highest BCUT2D eigenvalue weighted by atomic mass is 35.5. The molecule has 9 heteroatoms. The summed E-state index contributed by atoms with van der Waals surface area (Å²) in [5.74, 6) is -0.754. The molecular formula is C22H20ClFN2O4S. The third-order valence-corrected chi connectivity index (χ3v) is 6.45. The van der Waals surface area contributed by atoms with Gasteiger partial charge >= 0.3 is 0 Å². The van der Waals surface area contributed by atoms with Crippen LogP contribution in [0.5, 0.6) is 5.75 Å². The minimum absolute atomic E-state index is 0.0410. The summed E-state index contributed by atoms with van der Waals surface area (Å²) in [5.41, 5.74) is 1.01. The number of nitrogens with zero attached hydrogens (tertiary/aromatic N) is 1. The molecule has 0 bridgehead atoms. The number of benzene rings is 3. The molecule has 0 atom stereocenters. The second-order valence-electron chi connectivity index (χ2n) is 6.61. The van der Waals surface area contributed by atoms with Gasteiger partial charge in [0.25, 0.3) is 0 Å². The van der Waals surface area contributed by atoms with Crippen molar-refractivity contribution < 1.29 is 22.3 Å². The Morgan fingerprint density at radius 2 is 1.74 bits per heavy atom. The molecule has 162 valence electrons. The number of sulfonamides is 1. The van der Waals surface area contributed by atoms with Crippen molar-refractivity contribution in [1.29, 1.82) is 0 Å². The normalized spacial score (nSPS) is 11.4. The van der Waals surface area contributed by atoms with Crippen molar-refractivity contribution in [2.45, 2.75) is 11.4 Å². The van der Waals surface area contributed by atoms with Crippen LogP contribution in [0.25, 0.3) is 0 Å². The fourth-order valence-corrected chi connectivity index (χ4v) is 4.45. The summed E-state index contributed by atoms with van der Waals surface area (Å²) in [4.78, 5) is 12.6. The van der Waals surface area contributed by atoms with E-state index in [1.807, 2.05) is 0 Å². The van der Waals surface area contributed by atoms with Crippen molar-refractivity contribution in [3.63, 3.8) is 0 Å². The van der Waals surface area contributed by atoms with Gasteiger partial charge in [0.15, 0.2) is 0 Å². The van der Waals surface area contributed by atoms with Gasteiger partial charge in [0.1, 0.15) is 11.6 Å². The van der Waals surface area contributed by atoms with Crippen LogP contribution < -0.4 is 10.1 Å². The van der Waals surface area contributed by atoms with E-state index in [1.165, 1.54) is 25.3 Å². The zero-order chi connectivity index (χ0) is 22.4. The van der Waals surface area contributed by atoms with Gasteiger partial charge in [0, 0.05) is 11.6 Å². The number of rotatable bonds is 8. The largest absolute Gasteiger partial charge is 0.495 e. The summed E-state index contributed by atoms with van der Waals surface area (Å²) in [5, 5.41) is 3.02. The monoisotopic (exact) mass is 462 g/mol. The van der Waals surface area contributed by atoms with E-state index in [1.54, 1.807) is 42.5 Å². The minimum Gasteiger partial charge on any atom is -0.495 e. The first kappa shape index (κ1) is 22.7. The van der Waals surface area contributed by atoms with Crippen molar-refractivity contribution in [2.75, 3.05) is 19.0 Å². The number of methoxy groups -OCH3 is 1. The molecule has 0 heterocycles. The van der Waals surface area contributed by atoms with Gasteiger partial charge in [-0.2, -0.15) is 4.31 Å². The molecule has 0 spiro atoms. The highest BCUT2D eigenvalue weighted by molar-refractivity contribution is 7.89. The van der Waals surface area contributed by atoms with Gasteiger partial charge in [-0.1, -0.05) is 41.9 Å².